The standard InChI is InChI=1S/C33H35N5O2S2/c1-21-6-8-26(34-19-21)32(22-10-11-37(2)20-22)35-23-7-9-28-30(16-23)41-29-5-3-4-25(33(29)42-28)27-17-24(18-31(39)36-27)38-12-14-40-15-13-38/h3-9,16-19,22,32,35H,10-15,20H2,1-2H3,(H,36,39). The SMILES string of the molecule is Cc1ccc(C(Nc2ccc3c(c2)Sc2cccc(-c4cc(N5CCOCC5)cc(=O)[nH]4)c2S3)C2CCN(C)C2)nc1. The van der Waals surface area contributed by atoms with E-state index in [1.54, 1.807) is 29.6 Å². The van der Waals surface area contributed by atoms with Crippen LogP contribution in [0.2, 0.25) is 0 Å². The minimum absolute atomic E-state index is 0.0812. The number of aromatic amines is 1. The summed E-state index contributed by atoms with van der Waals surface area (Å²) >= 11 is 3.57. The van der Waals surface area contributed by atoms with Gasteiger partial charge in [-0.3, -0.25) is 9.78 Å². The van der Waals surface area contributed by atoms with Crippen LogP contribution in [-0.4, -0.2) is 61.3 Å². The molecule has 0 spiro atoms. The molecular weight excluding hydrogens is 563 g/mol. The number of rotatable bonds is 6. The summed E-state index contributed by atoms with van der Waals surface area (Å²) in [4.78, 5) is 30.1. The maximum absolute atomic E-state index is 12.7. The largest absolute Gasteiger partial charge is 0.378 e. The van der Waals surface area contributed by atoms with Gasteiger partial charge in [-0.15, -0.1) is 0 Å². The number of hydrogen-bond donors (Lipinski definition) is 2. The molecule has 0 bridgehead atoms. The lowest BCUT2D eigenvalue weighted by Crippen LogP contribution is -2.36. The lowest BCUT2D eigenvalue weighted by molar-refractivity contribution is 0.122. The maximum Gasteiger partial charge on any atom is 0.250 e. The second-order valence-electron chi connectivity index (χ2n) is 11.4. The minimum Gasteiger partial charge on any atom is -0.378 e. The van der Waals surface area contributed by atoms with E-state index in [1.165, 1.54) is 25.1 Å². The van der Waals surface area contributed by atoms with E-state index < -0.39 is 0 Å². The van der Waals surface area contributed by atoms with E-state index in [4.69, 9.17) is 9.72 Å². The Morgan fingerprint density at radius 3 is 2.67 bits per heavy atom. The number of aromatic nitrogens is 2. The van der Waals surface area contributed by atoms with Gasteiger partial charge in [-0.1, -0.05) is 41.7 Å². The Morgan fingerprint density at radius 2 is 1.88 bits per heavy atom. The zero-order chi connectivity index (χ0) is 28.6. The van der Waals surface area contributed by atoms with Crippen molar-refractivity contribution in [2.75, 3.05) is 56.7 Å². The molecule has 2 fully saturated rings. The predicted molar refractivity (Wildman–Crippen MR) is 171 cm³/mol. The minimum atomic E-state index is -0.0812. The summed E-state index contributed by atoms with van der Waals surface area (Å²) in [6.07, 6.45) is 3.13. The Balaban J connectivity index is 1.16. The molecule has 3 aliphatic rings. The number of hydrogen-bond acceptors (Lipinski definition) is 8. The Bertz CT molecular complexity index is 1650. The number of H-pyrrole nitrogens is 1. The van der Waals surface area contributed by atoms with Crippen LogP contribution in [0.5, 0.6) is 0 Å². The summed E-state index contributed by atoms with van der Waals surface area (Å²) in [5.74, 6) is 0.502. The topological polar surface area (TPSA) is 73.5 Å². The van der Waals surface area contributed by atoms with Crippen molar-refractivity contribution in [3.8, 4) is 11.3 Å². The molecule has 7 nitrogen and oxygen atoms in total. The number of likely N-dealkylation sites (tertiary alicyclic amines) is 1. The molecule has 2 saturated heterocycles. The van der Waals surface area contributed by atoms with Crippen LogP contribution >= 0.6 is 23.5 Å². The number of nitrogens with one attached hydrogen (secondary N) is 2. The van der Waals surface area contributed by atoms with Gasteiger partial charge in [-0.2, -0.15) is 0 Å². The quantitative estimate of drug-likeness (QED) is 0.236. The summed E-state index contributed by atoms with van der Waals surface area (Å²) in [5, 5.41) is 3.87. The number of benzene rings is 2. The van der Waals surface area contributed by atoms with Crippen LogP contribution in [0.25, 0.3) is 11.3 Å². The number of aryl methyl sites for hydroxylation is 1. The van der Waals surface area contributed by atoms with E-state index in [9.17, 15) is 4.79 Å². The highest BCUT2D eigenvalue weighted by molar-refractivity contribution is 8.05. The van der Waals surface area contributed by atoms with Crippen molar-refractivity contribution >= 4 is 34.9 Å². The van der Waals surface area contributed by atoms with Gasteiger partial charge < -0.3 is 24.8 Å². The van der Waals surface area contributed by atoms with Gasteiger partial charge in [0.05, 0.1) is 30.6 Å². The van der Waals surface area contributed by atoms with Crippen LogP contribution in [0.1, 0.15) is 23.7 Å². The molecule has 7 rings (SSSR count). The molecule has 2 N–H and O–H groups in total. The molecule has 216 valence electrons. The van der Waals surface area contributed by atoms with Crippen molar-refractivity contribution < 1.29 is 4.74 Å². The first kappa shape index (κ1) is 27.6. The first-order valence-electron chi connectivity index (χ1n) is 14.6. The van der Waals surface area contributed by atoms with E-state index in [2.05, 4.69) is 88.7 Å². The summed E-state index contributed by atoms with van der Waals surface area (Å²) in [7, 11) is 2.20. The highest BCUT2D eigenvalue weighted by atomic mass is 32.2. The van der Waals surface area contributed by atoms with Crippen molar-refractivity contribution in [1.82, 2.24) is 14.9 Å². The monoisotopic (exact) mass is 597 g/mol. The summed E-state index contributed by atoms with van der Waals surface area (Å²) in [5.41, 5.74) is 6.17. The molecule has 9 heteroatoms. The molecular formula is C33H35N5O2S2. The van der Waals surface area contributed by atoms with E-state index in [-0.39, 0.29) is 11.6 Å². The highest BCUT2D eigenvalue weighted by Crippen LogP contribution is 2.52. The normalized spacial score (nSPS) is 19.3. The van der Waals surface area contributed by atoms with E-state index in [0.29, 0.717) is 19.1 Å². The Kier molecular flexibility index (Phi) is 7.75. The van der Waals surface area contributed by atoms with Gasteiger partial charge in [0.25, 0.3) is 0 Å². The zero-order valence-electron chi connectivity index (χ0n) is 23.9. The van der Waals surface area contributed by atoms with Gasteiger partial charge >= 0.3 is 0 Å². The molecule has 2 aromatic heterocycles. The fraction of sp³-hybridized carbons (Fsp3) is 0.333. The number of pyridine rings is 2. The van der Waals surface area contributed by atoms with Crippen molar-refractivity contribution in [1.29, 1.82) is 0 Å². The van der Waals surface area contributed by atoms with Gasteiger partial charge in [0.15, 0.2) is 0 Å². The second-order valence-corrected chi connectivity index (χ2v) is 13.5. The summed E-state index contributed by atoms with van der Waals surface area (Å²) in [6, 6.07) is 21.4. The number of nitrogens with zero attached hydrogens (tertiary/aromatic N) is 3. The number of ether oxygens (including phenoxy) is 1. The number of morpholine rings is 1. The molecule has 2 unspecified atom stereocenters. The molecule has 2 aromatic carbocycles. The molecule has 4 aromatic rings. The molecule has 0 amide bonds. The molecule has 0 radical (unpaired) electrons. The van der Waals surface area contributed by atoms with Crippen molar-refractivity contribution in [2.45, 2.75) is 39.0 Å². The van der Waals surface area contributed by atoms with E-state index in [0.717, 1.165) is 60.9 Å². The number of fused-ring (bicyclic) bond motifs is 2. The molecule has 42 heavy (non-hydrogen) atoms. The van der Waals surface area contributed by atoms with Crippen LogP contribution in [0.4, 0.5) is 11.4 Å². The van der Waals surface area contributed by atoms with Gasteiger partial charge in [0.1, 0.15) is 0 Å². The Morgan fingerprint density at radius 1 is 1.00 bits per heavy atom. The van der Waals surface area contributed by atoms with Crippen LogP contribution in [-0.2, 0) is 4.74 Å². The molecule has 5 heterocycles. The van der Waals surface area contributed by atoms with Crippen molar-refractivity contribution in [2.24, 2.45) is 5.92 Å². The fourth-order valence-corrected chi connectivity index (χ4v) is 8.51. The predicted octanol–water partition coefficient (Wildman–Crippen LogP) is 6.30. The van der Waals surface area contributed by atoms with Gasteiger partial charge in [0, 0.05) is 68.4 Å². The fourth-order valence-electron chi connectivity index (χ4n) is 6.10. The lowest BCUT2D eigenvalue weighted by Gasteiger charge is -2.29. The summed E-state index contributed by atoms with van der Waals surface area (Å²) < 4.78 is 5.52. The van der Waals surface area contributed by atoms with Crippen molar-refractivity contribution in [3.63, 3.8) is 0 Å². The first-order valence-corrected chi connectivity index (χ1v) is 16.2. The molecule has 3 aliphatic heterocycles. The van der Waals surface area contributed by atoms with E-state index >= 15 is 0 Å². The van der Waals surface area contributed by atoms with Crippen LogP contribution in [0, 0.1) is 12.8 Å². The van der Waals surface area contributed by atoms with Gasteiger partial charge in [-0.05, 0) is 74.8 Å². The average Bonchev–Trinajstić information content (AvgIpc) is 3.45. The third kappa shape index (κ3) is 5.71. The lowest BCUT2D eigenvalue weighted by atomic mass is 9.95. The highest BCUT2D eigenvalue weighted by Gasteiger charge is 2.30. The van der Waals surface area contributed by atoms with Gasteiger partial charge in [-0.25, -0.2) is 0 Å². The third-order valence-corrected chi connectivity index (χ3v) is 10.9. The van der Waals surface area contributed by atoms with E-state index in [1.807, 2.05) is 6.20 Å². The van der Waals surface area contributed by atoms with Crippen LogP contribution < -0.4 is 15.8 Å². The average molecular weight is 598 g/mol. The van der Waals surface area contributed by atoms with Crippen LogP contribution in [0.3, 0.4) is 0 Å². The third-order valence-electron chi connectivity index (χ3n) is 8.32. The first-order chi connectivity index (χ1) is 20.5. The van der Waals surface area contributed by atoms with Crippen LogP contribution in [0.15, 0.2) is 91.2 Å². The Labute approximate surface area is 255 Å². The maximum atomic E-state index is 12.7. The Hall–Kier alpha value is -3.24. The molecule has 0 saturated carbocycles. The van der Waals surface area contributed by atoms with Crippen molar-refractivity contribution in [3.05, 3.63) is 88.5 Å². The zero-order valence-corrected chi connectivity index (χ0v) is 25.6. The second kappa shape index (κ2) is 11.8. The molecule has 0 aliphatic carbocycles. The summed E-state index contributed by atoms with van der Waals surface area (Å²) in [6.45, 7) is 7.22. The van der Waals surface area contributed by atoms with Gasteiger partial charge in [0.2, 0.25) is 5.56 Å². The smallest absolute Gasteiger partial charge is 0.250 e. The molecule has 2 atom stereocenters. The number of anilines is 2.